The molecular formula is C18H24N2O3S2. The highest BCUT2D eigenvalue weighted by Gasteiger charge is 2.48. The molecule has 0 saturated carbocycles. The number of rotatable bonds is 2. The van der Waals surface area contributed by atoms with Crippen LogP contribution in [0.2, 0.25) is 0 Å². The zero-order chi connectivity index (χ0) is 18.4. The Morgan fingerprint density at radius 2 is 1.88 bits per heavy atom. The minimum atomic E-state index is -3.02. The summed E-state index contributed by atoms with van der Waals surface area (Å²) >= 11 is 1.43. The quantitative estimate of drug-likeness (QED) is 0.789. The molecule has 7 heteroatoms. The van der Waals surface area contributed by atoms with Gasteiger partial charge in [0, 0.05) is 17.2 Å². The van der Waals surface area contributed by atoms with Gasteiger partial charge in [0.15, 0.2) is 15.0 Å². The number of fused-ring (bicyclic) bond motifs is 1. The summed E-state index contributed by atoms with van der Waals surface area (Å²) < 4.78 is 24.1. The Labute approximate surface area is 153 Å². The van der Waals surface area contributed by atoms with Crippen molar-refractivity contribution in [3.8, 4) is 0 Å². The number of hydrogen-bond acceptors (Lipinski definition) is 4. The van der Waals surface area contributed by atoms with Gasteiger partial charge in [-0.15, -0.1) is 0 Å². The molecule has 0 aliphatic carbocycles. The second-order valence-electron chi connectivity index (χ2n) is 7.86. The number of amidine groups is 1. The Balaban J connectivity index is 1.91. The molecule has 25 heavy (non-hydrogen) atoms. The summed E-state index contributed by atoms with van der Waals surface area (Å²) in [6.07, 6.45) is 0. The van der Waals surface area contributed by atoms with Crippen LogP contribution in [0.1, 0.15) is 31.9 Å². The molecule has 2 aliphatic rings. The lowest BCUT2D eigenvalue weighted by Gasteiger charge is -2.25. The van der Waals surface area contributed by atoms with E-state index in [1.807, 2.05) is 56.9 Å². The van der Waals surface area contributed by atoms with E-state index in [2.05, 4.69) is 4.99 Å². The van der Waals surface area contributed by atoms with Gasteiger partial charge in [-0.05, 0) is 12.5 Å². The summed E-state index contributed by atoms with van der Waals surface area (Å²) in [6.45, 7) is 8.13. The summed E-state index contributed by atoms with van der Waals surface area (Å²) in [4.78, 5) is 18.7. The molecule has 2 atom stereocenters. The molecule has 1 aromatic carbocycles. The summed E-state index contributed by atoms with van der Waals surface area (Å²) in [7, 11) is -3.02. The average Bonchev–Trinajstić information content (AvgIpc) is 2.93. The molecule has 0 N–H and O–H groups in total. The van der Waals surface area contributed by atoms with Gasteiger partial charge in [-0.2, -0.15) is 4.99 Å². The monoisotopic (exact) mass is 380 g/mol. The molecule has 1 amide bonds. The smallest absolute Gasteiger partial charge is 0.253 e. The number of hydrogen-bond donors (Lipinski definition) is 0. The maximum Gasteiger partial charge on any atom is 0.253 e. The molecule has 2 heterocycles. The topological polar surface area (TPSA) is 66.8 Å². The van der Waals surface area contributed by atoms with Crippen molar-refractivity contribution in [1.82, 2.24) is 4.90 Å². The predicted octanol–water partition coefficient (Wildman–Crippen LogP) is 2.64. The van der Waals surface area contributed by atoms with Crippen molar-refractivity contribution >= 4 is 32.7 Å². The first kappa shape index (κ1) is 18.5. The number of nitrogens with zero attached hydrogens (tertiary/aromatic N) is 2. The molecule has 0 spiro atoms. The first-order chi connectivity index (χ1) is 11.5. The normalized spacial score (nSPS) is 26.9. The lowest BCUT2D eigenvalue weighted by Crippen LogP contribution is -2.37. The third-order valence-corrected chi connectivity index (χ3v) is 7.73. The fourth-order valence-electron chi connectivity index (χ4n) is 2.97. The van der Waals surface area contributed by atoms with Crippen LogP contribution in [-0.4, -0.2) is 47.2 Å². The molecule has 0 aromatic heterocycles. The van der Waals surface area contributed by atoms with E-state index in [1.54, 1.807) is 0 Å². The average molecular weight is 381 g/mol. The van der Waals surface area contributed by atoms with Crippen LogP contribution in [0.5, 0.6) is 0 Å². The minimum Gasteiger partial charge on any atom is -0.342 e. The van der Waals surface area contributed by atoms with Crippen LogP contribution in [0.15, 0.2) is 29.3 Å². The van der Waals surface area contributed by atoms with Gasteiger partial charge in [-0.25, -0.2) is 8.42 Å². The first-order valence-electron chi connectivity index (χ1n) is 8.37. The molecule has 136 valence electrons. The third-order valence-electron chi connectivity index (χ3n) is 4.49. The highest BCUT2D eigenvalue weighted by molar-refractivity contribution is 8.15. The third kappa shape index (κ3) is 4.08. The van der Waals surface area contributed by atoms with Gasteiger partial charge >= 0.3 is 0 Å². The zero-order valence-electron chi connectivity index (χ0n) is 15.0. The lowest BCUT2D eigenvalue weighted by molar-refractivity contribution is -0.124. The van der Waals surface area contributed by atoms with Crippen LogP contribution in [0.3, 0.4) is 0 Å². The largest absolute Gasteiger partial charge is 0.342 e. The van der Waals surface area contributed by atoms with E-state index in [-0.39, 0.29) is 28.7 Å². The van der Waals surface area contributed by atoms with Crippen LogP contribution in [0.4, 0.5) is 0 Å². The standard InChI is InChI=1S/C18H24N2O3S2/c1-12-5-7-13(8-6-12)9-20-14-10-25(22,23)11-15(14)24-17(20)19-16(21)18(2,3)4/h5-8,14-15H,9-11H2,1-4H3. The van der Waals surface area contributed by atoms with E-state index < -0.39 is 15.3 Å². The van der Waals surface area contributed by atoms with E-state index in [9.17, 15) is 13.2 Å². The maximum absolute atomic E-state index is 12.4. The lowest BCUT2D eigenvalue weighted by atomic mass is 9.96. The highest BCUT2D eigenvalue weighted by Crippen LogP contribution is 2.39. The van der Waals surface area contributed by atoms with Crippen molar-refractivity contribution in [2.45, 2.75) is 45.5 Å². The molecule has 5 nitrogen and oxygen atoms in total. The summed E-state index contributed by atoms with van der Waals surface area (Å²) in [6, 6.07) is 8.06. The second kappa shape index (κ2) is 6.43. The Bertz CT molecular complexity index is 808. The van der Waals surface area contributed by atoms with E-state index in [0.29, 0.717) is 11.7 Å². The number of aryl methyl sites for hydroxylation is 1. The van der Waals surface area contributed by atoms with Crippen molar-refractivity contribution in [2.75, 3.05) is 11.5 Å². The summed E-state index contributed by atoms with van der Waals surface area (Å²) in [5.41, 5.74) is 1.72. The van der Waals surface area contributed by atoms with Crippen molar-refractivity contribution < 1.29 is 13.2 Å². The molecule has 2 fully saturated rings. The molecule has 3 rings (SSSR count). The number of thioether (sulfide) groups is 1. The van der Waals surface area contributed by atoms with Crippen LogP contribution in [0.25, 0.3) is 0 Å². The SMILES string of the molecule is Cc1ccc(CN2C(=NC(=O)C(C)(C)C)SC3CS(=O)(=O)CC32)cc1. The molecular weight excluding hydrogens is 356 g/mol. The zero-order valence-corrected chi connectivity index (χ0v) is 16.7. The first-order valence-corrected chi connectivity index (χ1v) is 11.1. The number of aliphatic imine (C=N–C) groups is 1. The van der Waals surface area contributed by atoms with Gasteiger partial charge in [0.25, 0.3) is 5.91 Å². The number of carbonyl (C=O) groups is 1. The Morgan fingerprint density at radius 1 is 1.24 bits per heavy atom. The van der Waals surface area contributed by atoms with Crippen molar-refractivity contribution in [3.05, 3.63) is 35.4 Å². The van der Waals surface area contributed by atoms with Gasteiger partial charge in [0.1, 0.15) is 0 Å². The molecule has 0 bridgehead atoms. The highest BCUT2D eigenvalue weighted by atomic mass is 32.2. The van der Waals surface area contributed by atoms with Gasteiger partial charge in [0.05, 0.1) is 17.5 Å². The number of sulfone groups is 1. The summed E-state index contributed by atoms with van der Waals surface area (Å²) in [5, 5.41) is 0.618. The van der Waals surface area contributed by atoms with E-state index in [4.69, 9.17) is 0 Å². The Kier molecular flexibility index (Phi) is 4.75. The second-order valence-corrected chi connectivity index (χ2v) is 11.2. The molecule has 2 unspecified atom stereocenters. The van der Waals surface area contributed by atoms with Gasteiger partial charge in [-0.3, -0.25) is 4.79 Å². The fraction of sp³-hybridized carbons (Fsp3) is 0.556. The Hall–Kier alpha value is -1.34. The molecule has 0 radical (unpaired) electrons. The van der Waals surface area contributed by atoms with Crippen LogP contribution in [0, 0.1) is 12.3 Å². The maximum atomic E-state index is 12.4. The van der Waals surface area contributed by atoms with Crippen molar-refractivity contribution in [3.63, 3.8) is 0 Å². The van der Waals surface area contributed by atoms with Crippen LogP contribution in [-0.2, 0) is 21.2 Å². The Morgan fingerprint density at radius 3 is 2.48 bits per heavy atom. The van der Waals surface area contributed by atoms with Gasteiger partial charge in [-0.1, -0.05) is 62.4 Å². The number of amides is 1. The number of carbonyl (C=O) groups excluding carboxylic acids is 1. The molecule has 1 aromatic rings. The molecule has 2 saturated heterocycles. The van der Waals surface area contributed by atoms with E-state index >= 15 is 0 Å². The van der Waals surface area contributed by atoms with Gasteiger partial charge < -0.3 is 4.90 Å². The molecule has 2 aliphatic heterocycles. The van der Waals surface area contributed by atoms with Crippen LogP contribution >= 0.6 is 11.8 Å². The summed E-state index contributed by atoms with van der Waals surface area (Å²) in [5.74, 6) is 0.126. The number of benzene rings is 1. The van der Waals surface area contributed by atoms with Crippen LogP contribution < -0.4 is 0 Å². The minimum absolute atomic E-state index is 0.0398. The van der Waals surface area contributed by atoms with E-state index in [1.165, 1.54) is 17.3 Å². The van der Waals surface area contributed by atoms with Crippen molar-refractivity contribution in [1.29, 1.82) is 0 Å². The van der Waals surface area contributed by atoms with Gasteiger partial charge in [0.2, 0.25) is 0 Å². The van der Waals surface area contributed by atoms with E-state index in [0.717, 1.165) is 5.56 Å². The fourth-order valence-corrected chi connectivity index (χ4v) is 6.91. The predicted molar refractivity (Wildman–Crippen MR) is 102 cm³/mol. The van der Waals surface area contributed by atoms with Crippen molar-refractivity contribution in [2.24, 2.45) is 10.4 Å².